The number of aromatic nitrogens is 1. The Morgan fingerprint density at radius 1 is 1.38 bits per heavy atom. The maximum atomic E-state index is 12.2. The van der Waals surface area contributed by atoms with E-state index in [4.69, 9.17) is 5.11 Å². The van der Waals surface area contributed by atoms with E-state index in [0.29, 0.717) is 18.7 Å². The van der Waals surface area contributed by atoms with Crippen molar-refractivity contribution >= 4 is 50.5 Å². The SMILES string of the molecule is CN(CCCC(=O)O)C(=O)c1csc(-c2cc(Br)cs2)n1. The van der Waals surface area contributed by atoms with Gasteiger partial charge in [-0.1, -0.05) is 0 Å². The highest BCUT2D eigenvalue weighted by Gasteiger charge is 2.16. The van der Waals surface area contributed by atoms with Crippen molar-refractivity contribution < 1.29 is 14.7 Å². The first-order valence-corrected chi connectivity index (χ1v) is 8.70. The third-order valence-electron chi connectivity index (χ3n) is 2.73. The van der Waals surface area contributed by atoms with Gasteiger partial charge in [0.25, 0.3) is 5.91 Å². The summed E-state index contributed by atoms with van der Waals surface area (Å²) in [5.41, 5.74) is 0.400. The number of carbonyl (C=O) groups is 2. The highest BCUT2D eigenvalue weighted by molar-refractivity contribution is 9.10. The number of nitrogens with zero attached hydrogens (tertiary/aromatic N) is 2. The zero-order valence-corrected chi connectivity index (χ0v) is 14.4. The molecule has 0 unspecified atom stereocenters. The van der Waals surface area contributed by atoms with E-state index in [1.165, 1.54) is 16.2 Å². The van der Waals surface area contributed by atoms with Gasteiger partial charge in [0.05, 0.1) is 4.88 Å². The van der Waals surface area contributed by atoms with Crippen LogP contribution in [0.15, 0.2) is 21.3 Å². The van der Waals surface area contributed by atoms with Crippen LogP contribution in [0.3, 0.4) is 0 Å². The third kappa shape index (κ3) is 4.36. The lowest BCUT2D eigenvalue weighted by Gasteiger charge is -2.14. The Hall–Kier alpha value is -1.25. The van der Waals surface area contributed by atoms with Crippen molar-refractivity contribution in [2.45, 2.75) is 12.8 Å². The molecular weight excluding hydrogens is 376 g/mol. The van der Waals surface area contributed by atoms with Crippen molar-refractivity contribution in [1.82, 2.24) is 9.88 Å². The molecule has 2 heterocycles. The number of carboxylic acids is 1. The molecule has 1 N–H and O–H groups in total. The first-order chi connectivity index (χ1) is 9.97. The second-order valence-electron chi connectivity index (χ2n) is 4.39. The average molecular weight is 389 g/mol. The molecule has 0 aliphatic heterocycles. The van der Waals surface area contributed by atoms with E-state index >= 15 is 0 Å². The number of amides is 1. The standard InChI is InChI=1S/C13H13BrN2O3S2/c1-16(4-2-3-11(17)18)13(19)9-7-21-12(15-9)10-5-8(14)6-20-10/h5-7H,2-4H2,1H3,(H,17,18). The van der Waals surface area contributed by atoms with Crippen molar-refractivity contribution in [2.24, 2.45) is 0 Å². The van der Waals surface area contributed by atoms with Gasteiger partial charge in [-0.15, -0.1) is 22.7 Å². The molecule has 0 bridgehead atoms. The van der Waals surface area contributed by atoms with E-state index < -0.39 is 5.97 Å². The zero-order valence-electron chi connectivity index (χ0n) is 11.2. The molecule has 5 nitrogen and oxygen atoms in total. The molecule has 0 atom stereocenters. The van der Waals surface area contributed by atoms with Crippen molar-refractivity contribution in [3.8, 4) is 9.88 Å². The summed E-state index contributed by atoms with van der Waals surface area (Å²) >= 11 is 6.38. The summed E-state index contributed by atoms with van der Waals surface area (Å²) in [6.07, 6.45) is 0.496. The van der Waals surface area contributed by atoms with Crippen LogP contribution in [0, 0.1) is 0 Å². The smallest absolute Gasteiger partial charge is 0.303 e. The summed E-state index contributed by atoms with van der Waals surface area (Å²) < 4.78 is 0.997. The predicted molar refractivity (Wildman–Crippen MR) is 87.0 cm³/mol. The summed E-state index contributed by atoms with van der Waals surface area (Å²) in [4.78, 5) is 29.5. The third-order valence-corrected chi connectivity index (χ3v) is 5.43. The molecule has 21 heavy (non-hydrogen) atoms. The van der Waals surface area contributed by atoms with Gasteiger partial charge < -0.3 is 10.0 Å². The topological polar surface area (TPSA) is 70.5 Å². The summed E-state index contributed by atoms with van der Waals surface area (Å²) in [5, 5.41) is 13.1. The zero-order chi connectivity index (χ0) is 15.4. The lowest BCUT2D eigenvalue weighted by molar-refractivity contribution is -0.137. The minimum Gasteiger partial charge on any atom is -0.481 e. The molecule has 8 heteroatoms. The summed E-state index contributed by atoms with van der Waals surface area (Å²) in [6.45, 7) is 0.405. The summed E-state index contributed by atoms with van der Waals surface area (Å²) in [7, 11) is 1.66. The fraction of sp³-hybridized carbons (Fsp3) is 0.308. The van der Waals surface area contributed by atoms with Crippen molar-refractivity contribution in [3.63, 3.8) is 0 Å². The predicted octanol–water partition coefficient (Wildman–Crippen LogP) is 3.57. The Kier molecular flexibility index (Phi) is 5.49. The molecule has 0 saturated heterocycles. The van der Waals surface area contributed by atoms with Crippen molar-refractivity contribution in [3.05, 3.63) is 27.0 Å². The molecule has 2 aromatic rings. The van der Waals surface area contributed by atoms with Crippen LogP contribution < -0.4 is 0 Å². The number of carboxylic acid groups (broad SMARTS) is 1. The van der Waals surface area contributed by atoms with Gasteiger partial charge in [0, 0.05) is 35.2 Å². The van der Waals surface area contributed by atoms with E-state index in [1.54, 1.807) is 23.8 Å². The fourth-order valence-corrected chi connectivity index (χ4v) is 3.98. The maximum Gasteiger partial charge on any atom is 0.303 e. The highest BCUT2D eigenvalue weighted by Crippen LogP contribution is 2.32. The van der Waals surface area contributed by atoms with E-state index in [1.807, 2.05) is 11.4 Å². The van der Waals surface area contributed by atoms with E-state index in [0.717, 1.165) is 14.4 Å². The summed E-state index contributed by atoms with van der Waals surface area (Å²) in [6, 6.07) is 1.97. The Balaban J connectivity index is 2.00. The van der Waals surface area contributed by atoms with Crippen LogP contribution in [-0.2, 0) is 4.79 Å². The molecule has 2 aromatic heterocycles. The van der Waals surface area contributed by atoms with Crippen molar-refractivity contribution in [2.75, 3.05) is 13.6 Å². The lowest BCUT2D eigenvalue weighted by atomic mass is 10.3. The molecular formula is C13H13BrN2O3S2. The number of thiophene rings is 1. The molecule has 0 aromatic carbocycles. The first-order valence-electron chi connectivity index (χ1n) is 6.14. The van der Waals surface area contributed by atoms with Gasteiger partial charge >= 0.3 is 5.97 Å². The van der Waals surface area contributed by atoms with Gasteiger partial charge in [0.15, 0.2) is 0 Å². The average Bonchev–Trinajstić information content (AvgIpc) is 3.05. The minimum absolute atomic E-state index is 0.0587. The van der Waals surface area contributed by atoms with Gasteiger partial charge in [0.1, 0.15) is 10.7 Å². The van der Waals surface area contributed by atoms with Gasteiger partial charge in [-0.05, 0) is 28.4 Å². The number of rotatable bonds is 6. The molecule has 0 radical (unpaired) electrons. The number of carbonyl (C=O) groups excluding carboxylic acids is 1. The Labute approximate surface area is 138 Å². The van der Waals surface area contributed by atoms with Gasteiger partial charge in [-0.3, -0.25) is 9.59 Å². The van der Waals surface area contributed by atoms with E-state index in [2.05, 4.69) is 20.9 Å². The molecule has 0 saturated carbocycles. The Morgan fingerprint density at radius 3 is 2.76 bits per heavy atom. The second-order valence-corrected chi connectivity index (χ2v) is 7.08. The van der Waals surface area contributed by atoms with Gasteiger partial charge in [0.2, 0.25) is 0 Å². The van der Waals surface area contributed by atoms with Gasteiger partial charge in [-0.25, -0.2) is 4.98 Å². The Morgan fingerprint density at radius 2 is 2.14 bits per heavy atom. The fourth-order valence-electron chi connectivity index (χ4n) is 1.67. The molecule has 112 valence electrons. The van der Waals surface area contributed by atoms with E-state index in [-0.39, 0.29) is 12.3 Å². The van der Waals surface area contributed by atoms with Crippen LogP contribution in [0.1, 0.15) is 23.3 Å². The van der Waals surface area contributed by atoms with Crippen LogP contribution in [0.4, 0.5) is 0 Å². The van der Waals surface area contributed by atoms with Crippen LogP contribution in [-0.4, -0.2) is 40.5 Å². The summed E-state index contributed by atoms with van der Waals surface area (Å²) in [5.74, 6) is -1.03. The maximum absolute atomic E-state index is 12.2. The molecule has 0 aliphatic carbocycles. The molecule has 2 rings (SSSR count). The number of aliphatic carboxylic acids is 1. The first kappa shape index (κ1) is 16.1. The monoisotopic (exact) mass is 388 g/mol. The molecule has 0 spiro atoms. The van der Waals surface area contributed by atoms with Crippen molar-refractivity contribution in [1.29, 1.82) is 0 Å². The number of halogens is 1. The second kappa shape index (κ2) is 7.15. The minimum atomic E-state index is -0.852. The van der Waals surface area contributed by atoms with Crippen LogP contribution in [0.25, 0.3) is 9.88 Å². The van der Waals surface area contributed by atoms with Crippen LogP contribution in [0.5, 0.6) is 0 Å². The van der Waals surface area contributed by atoms with Gasteiger partial charge in [-0.2, -0.15) is 0 Å². The van der Waals surface area contributed by atoms with Crippen LogP contribution in [0.2, 0.25) is 0 Å². The number of thiazole rings is 1. The number of hydrogen-bond donors (Lipinski definition) is 1. The largest absolute Gasteiger partial charge is 0.481 e. The van der Waals surface area contributed by atoms with E-state index in [9.17, 15) is 9.59 Å². The highest BCUT2D eigenvalue weighted by atomic mass is 79.9. The number of hydrogen-bond acceptors (Lipinski definition) is 5. The molecule has 0 fully saturated rings. The van der Waals surface area contributed by atoms with Crippen LogP contribution >= 0.6 is 38.6 Å². The lowest BCUT2D eigenvalue weighted by Crippen LogP contribution is -2.28. The normalized spacial score (nSPS) is 10.6. The molecule has 1 amide bonds. The Bertz CT molecular complexity index is 653. The molecule has 0 aliphatic rings. The quantitative estimate of drug-likeness (QED) is 0.820.